The van der Waals surface area contributed by atoms with E-state index in [9.17, 15) is 4.79 Å². The van der Waals surface area contributed by atoms with Crippen molar-refractivity contribution >= 4 is 5.78 Å². The lowest BCUT2D eigenvalue weighted by molar-refractivity contribution is 0.104. The fourth-order valence-corrected chi connectivity index (χ4v) is 1.22. The van der Waals surface area contributed by atoms with Crippen molar-refractivity contribution in [3.05, 3.63) is 48.6 Å². The van der Waals surface area contributed by atoms with E-state index in [-0.39, 0.29) is 5.78 Å². The minimum absolute atomic E-state index is 0.0272. The van der Waals surface area contributed by atoms with Gasteiger partial charge in [0.1, 0.15) is 0 Å². The van der Waals surface area contributed by atoms with Crippen molar-refractivity contribution < 1.29 is 4.79 Å². The minimum Gasteiger partial charge on any atom is -0.289 e. The molecule has 0 atom stereocenters. The van der Waals surface area contributed by atoms with Crippen LogP contribution in [0.3, 0.4) is 0 Å². The number of unbranched alkanes of at least 4 members (excludes halogenated alkanes) is 3. The first-order valence-electron chi connectivity index (χ1n) is 5.98. The molecule has 0 spiro atoms. The number of ketones is 1. The Balaban J connectivity index is 0.000000325. The highest BCUT2D eigenvalue weighted by atomic mass is 16.1. The van der Waals surface area contributed by atoms with E-state index in [1.54, 1.807) is 12.1 Å². The zero-order chi connectivity index (χ0) is 12.2. The molecule has 88 valence electrons. The van der Waals surface area contributed by atoms with Gasteiger partial charge in [0.05, 0.1) is 0 Å². The third kappa shape index (κ3) is 6.99. The predicted octanol–water partition coefficient (Wildman–Crippen LogP) is 4.64. The normalized spacial score (nSPS) is 8.88. The average Bonchev–Trinajstić information content (AvgIpc) is 2.37. The van der Waals surface area contributed by atoms with E-state index in [2.05, 4.69) is 20.4 Å². The molecule has 0 bridgehead atoms. The summed E-state index contributed by atoms with van der Waals surface area (Å²) in [6.07, 6.45) is 6.85. The summed E-state index contributed by atoms with van der Waals surface area (Å²) in [5, 5.41) is 0. The molecule has 16 heavy (non-hydrogen) atoms. The molecule has 0 saturated heterocycles. The van der Waals surface area contributed by atoms with Gasteiger partial charge in [0, 0.05) is 5.56 Å². The lowest BCUT2D eigenvalue weighted by atomic mass is 10.1. The summed E-state index contributed by atoms with van der Waals surface area (Å²) >= 11 is 0. The number of carbonyl (C=O) groups is 1. The predicted molar refractivity (Wildman–Crippen MR) is 70.8 cm³/mol. The molecule has 0 aliphatic heterocycles. The van der Waals surface area contributed by atoms with Crippen molar-refractivity contribution in [3.63, 3.8) is 0 Å². The first-order chi connectivity index (χ1) is 7.76. The lowest BCUT2D eigenvalue weighted by Crippen LogP contribution is -1.90. The molecule has 0 saturated carbocycles. The van der Waals surface area contributed by atoms with Gasteiger partial charge in [-0.1, -0.05) is 76.4 Å². The van der Waals surface area contributed by atoms with Gasteiger partial charge in [0.25, 0.3) is 0 Å². The summed E-state index contributed by atoms with van der Waals surface area (Å²) in [4.78, 5) is 10.9. The Morgan fingerprint density at radius 2 is 1.62 bits per heavy atom. The SMILES string of the molecule is C=CC(=O)c1ccccc1.CCCCCC. The van der Waals surface area contributed by atoms with Crippen molar-refractivity contribution in [1.29, 1.82) is 0 Å². The number of hydrogen-bond donors (Lipinski definition) is 0. The van der Waals surface area contributed by atoms with Crippen LogP contribution in [0.4, 0.5) is 0 Å². The molecule has 0 unspecified atom stereocenters. The number of allylic oxidation sites excluding steroid dienone is 1. The van der Waals surface area contributed by atoms with Gasteiger partial charge in [0.2, 0.25) is 0 Å². The zero-order valence-electron chi connectivity index (χ0n) is 10.4. The summed E-state index contributed by atoms with van der Waals surface area (Å²) in [5.74, 6) is -0.0272. The molecule has 0 radical (unpaired) electrons. The fraction of sp³-hybridized carbons (Fsp3) is 0.400. The van der Waals surface area contributed by atoms with Crippen LogP contribution >= 0.6 is 0 Å². The summed E-state index contributed by atoms with van der Waals surface area (Å²) in [6, 6.07) is 9.07. The van der Waals surface area contributed by atoms with Gasteiger partial charge in [-0.05, 0) is 6.08 Å². The molecular formula is C15H22O. The van der Waals surface area contributed by atoms with Gasteiger partial charge >= 0.3 is 0 Å². The highest BCUT2D eigenvalue weighted by Crippen LogP contribution is 1.99. The Kier molecular flexibility index (Phi) is 9.29. The molecule has 0 aliphatic carbocycles. The Morgan fingerprint density at radius 1 is 1.12 bits per heavy atom. The van der Waals surface area contributed by atoms with Crippen molar-refractivity contribution in [2.75, 3.05) is 0 Å². The molecule has 1 nitrogen and oxygen atoms in total. The van der Waals surface area contributed by atoms with Crippen molar-refractivity contribution in [2.24, 2.45) is 0 Å². The van der Waals surface area contributed by atoms with E-state index < -0.39 is 0 Å². The van der Waals surface area contributed by atoms with Crippen LogP contribution in [0.25, 0.3) is 0 Å². The van der Waals surface area contributed by atoms with Crippen LogP contribution in [0.2, 0.25) is 0 Å². The number of carbonyl (C=O) groups excluding carboxylic acids is 1. The molecule has 0 N–H and O–H groups in total. The standard InChI is InChI=1S/C9H8O.C6H14/c1-2-9(10)8-6-4-3-5-7-8;1-3-5-6-4-2/h2-7H,1H2;3-6H2,1-2H3. The van der Waals surface area contributed by atoms with Crippen molar-refractivity contribution in [2.45, 2.75) is 39.5 Å². The topological polar surface area (TPSA) is 17.1 Å². The van der Waals surface area contributed by atoms with Gasteiger partial charge in [-0.3, -0.25) is 4.79 Å². The van der Waals surface area contributed by atoms with E-state index in [4.69, 9.17) is 0 Å². The van der Waals surface area contributed by atoms with Gasteiger partial charge in [-0.15, -0.1) is 0 Å². The van der Waals surface area contributed by atoms with Crippen LogP contribution in [-0.4, -0.2) is 5.78 Å². The smallest absolute Gasteiger partial charge is 0.185 e. The lowest BCUT2D eigenvalue weighted by Gasteiger charge is -1.90. The molecular weight excluding hydrogens is 196 g/mol. The Labute approximate surface area is 99.2 Å². The molecule has 0 heterocycles. The van der Waals surface area contributed by atoms with E-state index in [1.807, 2.05) is 18.2 Å². The maximum Gasteiger partial charge on any atom is 0.185 e. The second kappa shape index (κ2) is 10.2. The largest absolute Gasteiger partial charge is 0.289 e. The summed E-state index contributed by atoms with van der Waals surface area (Å²) in [5.41, 5.74) is 0.692. The molecule has 0 fully saturated rings. The molecule has 0 aromatic heterocycles. The average molecular weight is 218 g/mol. The fourth-order valence-electron chi connectivity index (χ4n) is 1.22. The van der Waals surface area contributed by atoms with Gasteiger partial charge in [-0.25, -0.2) is 0 Å². The Bertz CT molecular complexity index is 284. The number of hydrogen-bond acceptors (Lipinski definition) is 1. The number of rotatable bonds is 5. The third-order valence-electron chi connectivity index (χ3n) is 2.20. The van der Waals surface area contributed by atoms with E-state index in [0.717, 1.165) is 0 Å². The van der Waals surface area contributed by atoms with Gasteiger partial charge in [-0.2, -0.15) is 0 Å². The number of benzene rings is 1. The summed E-state index contributed by atoms with van der Waals surface area (Å²) in [7, 11) is 0. The maximum atomic E-state index is 10.9. The molecule has 1 aromatic rings. The highest BCUT2D eigenvalue weighted by molar-refractivity contribution is 6.04. The van der Waals surface area contributed by atoms with Crippen molar-refractivity contribution in [1.82, 2.24) is 0 Å². The molecule has 1 aromatic carbocycles. The van der Waals surface area contributed by atoms with Gasteiger partial charge in [0.15, 0.2) is 5.78 Å². The quantitative estimate of drug-likeness (QED) is 0.399. The third-order valence-corrected chi connectivity index (χ3v) is 2.20. The van der Waals surface area contributed by atoms with Gasteiger partial charge < -0.3 is 0 Å². The minimum atomic E-state index is -0.0272. The first kappa shape index (κ1) is 14.6. The van der Waals surface area contributed by atoms with Crippen LogP contribution in [0.15, 0.2) is 43.0 Å². The van der Waals surface area contributed by atoms with E-state index in [1.165, 1.54) is 31.8 Å². The second-order valence-electron chi connectivity index (χ2n) is 3.64. The summed E-state index contributed by atoms with van der Waals surface area (Å²) < 4.78 is 0. The monoisotopic (exact) mass is 218 g/mol. The molecule has 1 rings (SSSR count). The van der Waals surface area contributed by atoms with E-state index in [0.29, 0.717) is 5.56 Å². The molecule has 0 aliphatic rings. The Hall–Kier alpha value is -1.37. The van der Waals surface area contributed by atoms with E-state index >= 15 is 0 Å². The molecule has 0 amide bonds. The second-order valence-corrected chi connectivity index (χ2v) is 3.64. The first-order valence-corrected chi connectivity index (χ1v) is 5.98. The Morgan fingerprint density at radius 3 is 2.00 bits per heavy atom. The van der Waals surface area contributed by atoms with Crippen molar-refractivity contribution in [3.8, 4) is 0 Å². The van der Waals surface area contributed by atoms with Crippen LogP contribution in [0, 0.1) is 0 Å². The van der Waals surface area contributed by atoms with Crippen LogP contribution in [-0.2, 0) is 0 Å². The maximum absolute atomic E-state index is 10.9. The summed E-state index contributed by atoms with van der Waals surface area (Å²) in [6.45, 7) is 7.85. The zero-order valence-corrected chi connectivity index (χ0v) is 10.4. The van der Waals surface area contributed by atoms with Crippen LogP contribution < -0.4 is 0 Å². The van der Waals surface area contributed by atoms with Crippen LogP contribution in [0.1, 0.15) is 49.9 Å². The highest BCUT2D eigenvalue weighted by Gasteiger charge is 1.95. The molecule has 1 heteroatoms. The van der Waals surface area contributed by atoms with Crippen LogP contribution in [0.5, 0.6) is 0 Å².